The Morgan fingerprint density at radius 2 is 1.73 bits per heavy atom. The van der Waals surface area contributed by atoms with Crippen LogP contribution in [0.4, 0.5) is 24.5 Å². The Balaban J connectivity index is 1.82. The molecule has 1 heterocycles. The van der Waals surface area contributed by atoms with Crippen LogP contribution in [0, 0.1) is 0 Å². The molecule has 0 N–H and O–H groups in total. The molecule has 0 aromatic heterocycles. The second kappa shape index (κ2) is 8.71. The number of hydrogen-bond acceptors (Lipinski definition) is 3. The van der Waals surface area contributed by atoms with Gasteiger partial charge < -0.3 is 4.90 Å². The molecule has 1 aliphatic rings. The number of amides is 1. The summed E-state index contributed by atoms with van der Waals surface area (Å²) in [5, 5.41) is 0.657. The van der Waals surface area contributed by atoms with Crippen molar-refractivity contribution in [3.8, 4) is 0 Å². The summed E-state index contributed by atoms with van der Waals surface area (Å²) in [5.74, 6) is 0.930. The predicted octanol–water partition coefficient (Wildman–Crippen LogP) is 5.87. The van der Waals surface area contributed by atoms with Crippen molar-refractivity contribution >= 4 is 34.2 Å². The van der Waals surface area contributed by atoms with E-state index in [1.165, 1.54) is 36.4 Å². The molecule has 1 atom stereocenters. The highest BCUT2D eigenvalue weighted by atomic mass is 32.2. The Bertz CT molecular complexity index is 924. The van der Waals surface area contributed by atoms with Gasteiger partial charge in [0.2, 0.25) is 5.91 Å². The van der Waals surface area contributed by atoms with E-state index in [1.807, 2.05) is 36.2 Å². The van der Waals surface area contributed by atoms with Crippen molar-refractivity contribution in [3.63, 3.8) is 0 Å². The van der Waals surface area contributed by atoms with Crippen molar-refractivity contribution < 1.29 is 18.0 Å². The first kappa shape index (κ1) is 22.2. The molecule has 8 heteroatoms. The average molecular weight is 436 g/mol. The third kappa shape index (κ3) is 4.80. The highest BCUT2D eigenvalue weighted by Gasteiger charge is 2.35. The van der Waals surface area contributed by atoms with E-state index in [9.17, 15) is 18.0 Å². The van der Waals surface area contributed by atoms with Crippen molar-refractivity contribution in [1.82, 2.24) is 4.90 Å². The number of amidine groups is 1. The van der Waals surface area contributed by atoms with Gasteiger partial charge in [-0.3, -0.25) is 9.69 Å². The largest absolute Gasteiger partial charge is 0.416 e. The minimum atomic E-state index is -4.37. The molecule has 3 rings (SSSR count). The molecule has 2 aromatic carbocycles. The smallest absolute Gasteiger partial charge is 0.333 e. The Labute approximate surface area is 178 Å². The highest BCUT2D eigenvalue weighted by molar-refractivity contribution is 8.14. The zero-order chi connectivity index (χ0) is 22.1. The lowest BCUT2D eigenvalue weighted by atomic mass is 10.0. The van der Waals surface area contributed by atoms with Gasteiger partial charge in [-0.05, 0) is 47.9 Å². The fraction of sp³-hybridized carbons (Fsp3) is 0.364. The van der Waals surface area contributed by atoms with Gasteiger partial charge >= 0.3 is 6.18 Å². The average Bonchev–Trinajstić information content (AvgIpc) is 3.02. The van der Waals surface area contributed by atoms with Crippen molar-refractivity contribution in [2.24, 2.45) is 4.99 Å². The van der Waals surface area contributed by atoms with E-state index in [0.29, 0.717) is 22.5 Å². The second-order valence-electron chi connectivity index (χ2n) is 7.48. The summed E-state index contributed by atoms with van der Waals surface area (Å²) in [5.41, 5.74) is 1.74. The van der Waals surface area contributed by atoms with Gasteiger partial charge in [0, 0.05) is 25.4 Å². The van der Waals surface area contributed by atoms with Crippen LogP contribution in [0.25, 0.3) is 0 Å². The Hall–Kier alpha value is -2.48. The molecule has 0 aliphatic carbocycles. The van der Waals surface area contributed by atoms with Crippen molar-refractivity contribution in [1.29, 1.82) is 0 Å². The molecule has 2 aromatic rings. The molecule has 4 nitrogen and oxygen atoms in total. The number of anilines is 1. The van der Waals surface area contributed by atoms with Crippen LogP contribution in [-0.4, -0.2) is 34.9 Å². The number of halogens is 3. The summed E-state index contributed by atoms with van der Waals surface area (Å²) >= 11 is 1.47. The van der Waals surface area contributed by atoms with Gasteiger partial charge in [0.15, 0.2) is 5.17 Å². The van der Waals surface area contributed by atoms with Gasteiger partial charge in [-0.2, -0.15) is 13.2 Å². The molecular weight excluding hydrogens is 411 g/mol. The molecule has 1 fully saturated rings. The van der Waals surface area contributed by atoms with E-state index in [2.05, 4.69) is 18.8 Å². The zero-order valence-electron chi connectivity index (χ0n) is 17.3. The minimum absolute atomic E-state index is 0.0828. The monoisotopic (exact) mass is 435 g/mol. The van der Waals surface area contributed by atoms with Gasteiger partial charge in [-0.25, -0.2) is 4.99 Å². The molecule has 160 valence electrons. The number of carbonyl (C=O) groups excluding carboxylic acids is 1. The van der Waals surface area contributed by atoms with Crippen molar-refractivity contribution in [2.45, 2.75) is 39.0 Å². The van der Waals surface area contributed by atoms with E-state index in [0.717, 1.165) is 17.8 Å². The SMILES string of the molecule is CC(=O)N(c1ccc(C(C)C)cc1)C1CSC(=Nc2ccc(C(F)(F)F)cc2)N1C. The Kier molecular flexibility index (Phi) is 6.45. The summed E-state index contributed by atoms with van der Waals surface area (Å²) in [6.07, 6.45) is -4.60. The van der Waals surface area contributed by atoms with Crippen LogP contribution in [0.5, 0.6) is 0 Å². The lowest BCUT2D eigenvalue weighted by molar-refractivity contribution is -0.137. The molecule has 0 spiro atoms. The summed E-state index contributed by atoms with van der Waals surface area (Å²) in [6.45, 7) is 5.76. The third-order valence-corrected chi connectivity index (χ3v) is 6.11. The van der Waals surface area contributed by atoms with E-state index in [1.54, 1.807) is 4.90 Å². The summed E-state index contributed by atoms with van der Waals surface area (Å²) in [6, 6.07) is 12.7. The normalized spacial score (nSPS) is 18.3. The van der Waals surface area contributed by atoms with Gasteiger partial charge in [0.25, 0.3) is 0 Å². The Morgan fingerprint density at radius 1 is 1.13 bits per heavy atom. The first-order chi connectivity index (χ1) is 14.1. The van der Waals surface area contributed by atoms with Crippen LogP contribution in [0.1, 0.15) is 37.8 Å². The third-order valence-electron chi connectivity index (χ3n) is 5.00. The molecule has 30 heavy (non-hydrogen) atoms. The number of rotatable bonds is 4. The first-order valence-electron chi connectivity index (χ1n) is 9.59. The summed E-state index contributed by atoms with van der Waals surface area (Å²) in [7, 11) is 1.84. The van der Waals surface area contributed by atoms with Gasteiger partial charge in [-0.15, -0.1) is 0 Å². The zero-order valence-corrected chi connectivity index (χ0v) is 18.1. The molecule has 1 unspecified atom stereocenters. The van der Waals surface area contributed by atoms with Crippen LogP contribution in [0.3, 0.4) is 0 Å². The van der Waals surface area contributed by atoms with Crippen LogP contribution < -0.4 is 4.90 Å². The predicted molar refractivity (Wildman–Crippen MR) is 116 cm³/mol. The molecule has 0 saturated carbocycles. The van der Waals surface area contributed by atoms with E-state index < -0.39 is 11.7 Å². The van der Waals surface area contributed by atoms with Gasteiger partial charge in [0.05, 0.1) is 11.3 Å². The Morgan fingerprint density at radius 3 is 2.23 bits per heavy atom. The molecule has 1 amide bonds. The topological polar surface area (TPSA) is 35.9 Å². The standard InChI is InChI=1S/C22H24F3N3OS/c1-14(2)16-5-11-19(12-6-16)28(15(3)29)20-13-30-21(27(20)4)26-18-9-7-17(8-10-18)22(23,24)25/h5-12,14,20H,13H2,1-4H3. The molecule has 0 bridgehead atoms. The number of hydrogen-bond donors (Lipinski definition) is 0. The molecular formula is C22H24F3N3OS. The maximum Gasteiger partial charge on any atom is 0.416 e. The number of aliphatic imine (C=N–C) groups is 1. The lowest BCUT2D eigenvalue weighted by Gasteiger charge is -2.33. The van der Waals surface area contributed by atoms with E-state index in [4.69, 9.17) is 0 Å². The minimum Gasteiger partial charge on any atom is -0.333 e. The highest BCUT2D eigenvalue weighted by Crippen LogP contribution is 2.33. The number of benzene rings is 2. The van der Waals surface area contributed by atoms with Crippen molar-refractivity contribution in [2.75, 3.05) is 17.7 Å². The van der Waals surface area contributed by atoms with Gasteiger partial charge in [-0.1, -0.05) is 37.7 Å². The number of alkyl halides is 3. The van der Waals surface area contributed by atoms with Gasteiger partial charge in [0.1, 0.15) is 6.17 Å². The number of nitrogens with zero attached hydrogens (tertiary/aromatic N) is 3. The molecule has 1 saturated heterocycles. The maximum atomic E-state index is 12.7. The fourth-order valence-corrected chi connectivity index (χ4v) is 4.43. The molecule has 1 aliphatic heterocycles. The van der Waals surface area contributed by atoms with E-state index >= 15 is 0 Å². The maximum absolute atomic E-state index is 12.7. The summed E-state index contributed by atoms with van der Waals surface area (Å²) < 4.78 is 38.2. The number of thioether (sulfide) groups is 1. The van der Waals surface area contributed by atoms with Crippen LogP contribution in [0.2, 0.25) is 0 Å². The quantitative estimate of drug-likeness (QED) is 0.602. The first-order valence-corrected chi connectivity index (χ1v) is 10.6. The molecule has 0 radical (unpaired) electrons. The summed E-state index contributed by atoms with van der Waals surface area (Å²) in [4.78, 5) is 20.5. The van der Waals surface area contributed by atoms with Crippen LogP contribution in [-0.2, 0) is 11.0 Å². The van der Waals surface area contributed by atoms with Crippen LogP contribution >= 0.6 is 11.8 Å². The fourth-order valence-electron chi connectivity index (χ4n) is 3.27. The number of carbonyl (C=O) groups is 1. The van der Waals surface area contributed by atoms with E-state index in [-0.39, 0.29) is 12.1 Å². The van der Waals surface area contributed by atoms with Crippen LogP contribution in [0.15, 0.2) is 53.5 Å². The lowest BCUT2D eigenvalue weighted by Crippen LogP contribution is -2.48. The second-order valence-corrected chi connectivity index (χ2v) is 8.46. The van der Waals surface area contributed by atoms with Crippen molar-refractivity contribution in [3.05, 3.63) is 59.7 Å².